The molecule has 0 saturated heterocycles. The van der Waals surface area contributed by atoms with Crippen molar-refractivity contribution < 1.29 is 14.6 Å². The first-order chi connectivity index (χ1) is 9.47. The summed E-state index contributed by atoms with van der Waals surface area (Å²) in [4.78, 5) is 10.9. The molecule has 0 atom stereocenters. The summed E-state index contributed by atoms with van der Waals surface area (Å²) in [5, 5.41) is 8.97. The van der Waals surface area contributed by atoms with Crippen LogP contribution in [0.5, 0.6) is 11.5 Å². The lowest BCUT2D eigenvalue weighted by atomic mass is 10.0. The van der Waals surface area contributed by atoms with Gasteiger partial charge in [-0.2, -0.15) is 0 Å². The molecule has 0 aromatic heterocycles. The van der Waals surface area contributed by atoms with Crippen LogP contribution >= 0.6 is 15.9 Å². The summed E-state index contributed by atoms with van der Waals surface area (Å²) in [5.74, 6) is 0.804. The average Bonchev–Trinajstić information content (AvgIpc) is 2.38. The van der Waals surface area contributed by atoms with Gasteiger partial charge in [0.05, 0.1) is 5.56 Å². The van der Waals surface area contributed by atoms with Crippen LogP contribution in [-0.4, -0.2) is 11.1 Å². The van der Waals surface area contributed by atoms with Crippen molar-refractivity contribution in [3.05, 3.63) is 58.1 Å². The molecule has 0 aliphatic heterocycles. The van der Waals surface area contributed by atoms with Crippen molar-refractivity contribution in [2.75, 3.05) is 0 Å². The molecule has 2 rings (SSSR count). The molecule has 0 heterocycles. The molecule has 4 heteroatoms. The number of rotatable bonds is 4. The predicted molar refractivity (Wildman–Crippen MR) is 81.7 cm³/mol. The molecule has 0 radical (unpaired) electrons. The molecule has 1 N–H and O–H groups in total. The third-order valence-corrected chi connectivity index (χ3v) is 3.59. The first-order valence-corrected chi connectivity index (χ1v) is 7.07. The van der Waals surface area contributed by atoms with Crippen molar-refractivity contribution in [2.45, 2.75) is 19.8 Å². The summed E-state index contributed by atoms with van der Waals surface area (Å²) in [7, 11) is 0. The normalized spacial score (nSPS) is 10.6. The van der Waals surface area contributed by atoms with E-state index in [4.69, 9.17) is 9.84 Å². The van der Waals surface area contributed by atoms with Gasteiger partial charge in [0.25, 0.3) is 0 Å². The third kappa shape index (κ3) is 3.39. The Morgan fingerprint density at radius 2 is 1.85 bits per heavy atom. The van der Waals surface area contributed by atoms with Crippen LogP contribution in [0.4, 0.5) is 0 Å². The molecule has 104 valence electrons. The highest BCUT2D eigenvalue weighted by Gasteiger charge is 2.09. The van der Waals surface area contributed by atoms with Crippen LogP contribution in [0.2, 0.25) is 0 Å². The molecule has 0 fully saturated rings. The minimum atomic E-state index is -0.967. The largest absolute Gasteiger partial charge is 0.478 e. The fraction of sp³-hybridized carbons (Fsp3) is 0.188. The maximum atomic E-state index is 10.9. The first kappa shape index (κ1) is 14.6. The zero-order chi connectivity index (χ0) is 14.7. The zero-order valence-corrected chi connectivity index (χ0v) is 12.8. The number of carboxylic acid groups (broad SMARTS) is 1. The Morgan fingerprint density at radius 1 is 1.15 bits per heavy atom. The summed E-state index contributed by atoms with van der Waals surface area (Å²) >= 11 is 3.24. The van der Waals surface area contributed by atoms with E-state index in [2.05, 4.69) is 35.8 Å². The van der Waals surface area contributed by atoms with Crippen LogP contribution in [0.25, 0.3) is 0 Å². The van der Waals surface area contributed by atoms with E-state index in [0.717, 1.165) is 5.75 Å². The van der Waals surface area contributed by atoms with Gasteiger partial charge in [-0.1, -0.05) is 26.0 Å². The van der Waals surface area contributed by atoms with Gasteiger partial charge in [-0.25, -0.2) is 4.79 Å². The van der Waals surface area contributed by atoms with Gasteiger partial charge in [0, 0.05) is 4.47 Å². The van der Waals surface area contributed by atoms with Crippen LogP contribution in [0.3, 0.4) is 0 Å². The van der Waals surface area contributed by atoms with E-state index < -0.39 is 5.97 Å². The van der Waals surface area contributed by atoms with Gasteiger partial charge in [0.1, 0.15) is 11.5 Å². The van der Waals surface area contributed by atoms with Crippen molar-refractivity contribution >= 4 is 21.9 Å². The van der Waals surface area contributed by atoms with Crippen LogP contribution in [0.1, 0.15) is 35.7 Å². The maximum Gasteiger partial charge on any atom is 0.336 e. The predicted octanol–water partition coefficient (Wildman–Crippen LogP) is 5.06. The SMILES string of the molecule is CC(C)c1cccc(Oc2ccc(C(=O)O)c(Br)c2)c1. The highest BCUT2D eigenvalue weighted by molar-refractivity contribution is 9.10. The second-order valence-electron chi connectivity index (χ2n) is 4.78. The van der Waals surface area contributed by atoms with E-state index in [9.17, 15) is 4.79 Å². The number of benzene rings is 2. The van der Waals surface area contributed by atoms with Gasteiger partial charge < -0.3 is 9.84 Å². The van der Waals surface area contributed by atoms with Crippen molar-refractivity contribution in [3.63, 3.8) is 0 Å². The van der Waals surface area contributed by atoms with E-state index in [-0.39, 0.29) is 5.56 Å². The molecule has 2 aromatic rings. The lowest BCUT2D eigenvalue weighted by Crippen LogP contribution is -1.97. The highest BCUT2D eigenvalue weighted by Crippen LogP contribution is 2.28. The first-order valence-electron chi connectivity index (χ1n) is 6.28. The second kappa shape index (κ2) is 6.09. The molecule has 0 amide bonds. The van der Waals surface area contributed by atoms with Gasteiger partial charge in [0.15, 0.2) is 0 Å². The van der Waals surface area contributed by atoms with Gasteiger partial charge in [0.2, 0.25) is 0 Å². The number of halogens is 1. The lowest BCUT2D eigenvalue weighted by molar-refractivity contribution is 0.0696. The van der Waals surface area contributed by atoms with E-state index >= 15 is 0 Å². The quantitative estimate of drug-likeness (QED) is 0.849. The summed E-state index contributed by atoms with van der Waals surface area (Å²) in [6.45, 7) is 4.24. The number of hydrogen-bond acceptors (Lipinski definition) is 2. The van der Waals surface area contributed by atoms with Crippen molar-refractivity contribution in [2.24, 2.45) is 0 Å². The number of carbonyl (C=O) groups is 1. The number of ether oxygens (including phenoxy) is 1. The van der Waals surface area contributed by atoms with Crippen LogP contribution in [-0.2, 0) is 0 Å². The molecular formula is C16H15BrO3. The Bertz CT molecular complexity index is 635. The smallest absolute Gasteiger partial charge is 0.336 e. The Kier molecular flexibility index (Phi) is 4.45. The summed E-state index contributed by atoms with van der Waals surface area (Å²) in [6.07, 6.45) is 0. The second-order valence-corrected chi connectivity index (χ2v) is 5.63. The van der Waals surface area contributed by atoms with Crippen molar-refractivity contribution in [1.29, 1.82) is 0 Å². The van der Waals surface area contributed by atoms with Gasteiger partial charge in [-0.05, 0) is 57.7 Å². The summed E-state index contributed by atoms with van der Waals surface area (Å²) in [5.41, 5.74) is 1.41. The van der Waals surface area contributed by atoms with E-state index in [1.807, 2.05) is 18.2 Å². The van der Waals surface area contributed by atoms with E-state index in [1.54, 1.807) is 12.1 Å². The minimum absolute atomic E-state index is 0.216. The molecule has 0 bridgehead atoms. The Hall–Kier alpha value is -1.81. The average molecular weight is 335 g/mol. The molecule has 3 nitrogen and oxygen atoms in total. The van der Waals surface area contributed by atoms with Crippen molar-refractivity contribution in [1.82, 2.24) is 0 Å². The monoisotopic (exact) mass is 334 g/mol. The zero-order valence-electron chi connectivity index (χ0n) is 11.3. The fourth-order valence-electron chi connectivity index (χ4n) is 1.81. The van der Waals surface area contributed by atoms with Crippen LogP contribution in [0, 0.1) is 0 Å². The molecular weight excluding hydrogens is 320 g/mol. The topological polar surface area (TPSA) is 46.5 Å². The summed E-state index contributed by atoms with van der Waals surface area (Å²) in [6, 6.07) is 12.7. The molecule has 0 aliphatic rings. The van der Waals surface area contributed by atoms with Gasteiger partial charge >= 0.3 is 5.97 Å². The van der Waals surface area contributed by atoms with Crippen molar-refractivity contribution in [3.8, 4) is 11.5 Å². The Balaban J connectivity index is 2.24. The summed E-state index contributed by atoms with van der Waals surface area (Å²) < 4.78 is 6.26. The van der Waals surface area contributed by atoms with Gasteiger partial charge in [-0.3, -0.25) is 0 Å². The molecule has 0 spiro atoms. The number of hydrogen-bond donors (Lipinski definition) is 1. The Labute approximate surface area is 126 Å². The number of aromatic carboxylic acids is 1. The van der Waals surface area contributed by atoms with Crippen LogP contribution in [0.15, 0.2) is 46.9 Å². The fourth-order valence-corrected chi connectivity index (χ4v) is 2.33. The molecule has 0 unspecified atom stereocenters. The maximum absolute atomic E-state index is 10.9. The molecule has 0 aliphatic carbocycles. The Morgan fingerprint density at radius 3 is 2.45 bits per heavy atom. The van der Waals surface area contributed by atoms with E-state index in [1.165, 1.54) is 11.6 Å². The highest BCUT2D eigenvalue weighted by atomic mass is 79.9. The standard InChI is InChI=1S/C16H15BrO3/c1-10(2)11-4-3-5-12(8-11)20-13-6-7-14(16(18)19)15(17)9-13/h3-10H,1-2H3,(H,18,19). The third-order valence-electron chi connectivity index (χ3n) is 2.93. The molecule has 20 heavy (non-hydrogen) atoms. The lowest BCUT2D eigenvalue weighted by Gasteiger charge is -2.10. The minimum Gasteiger partial charge on any atom is -0.478 e. The van der Waals surface area contributed by atoms with E-state index in [0.29, 0.717) is 16.1 Å². The molecule has 0 saturated carbocycles. The molecule has 2 aromatic carbocycles. The van der Waals surface area contributed by atoms with Crippen LogP contribution < -0.4 is 4.74 Å². The van der Waals surface area contributed by atoms with Gasteiger partial charge in [-0.15, -0.1) is 0 Å². The number of carboxylic acids is 1.